The first kappa shape index (κ1) is 5.32. The number of fused-ring (bicyclic) bond motifs is 2. The van der Waals surface area contributed by atoms with Crippen LogP contribution in [0.4, 0.5) is 0 Å². The van der Waals surface area contributed by atoms with Crippen molar-refractivity contribution in [2.24, 2.45) is 5.92 Å². The Hall–Kier alpha value is -0.480. The highest BCUT2D eigenvalue weighted by Crippen LogP contribution is 2.34. The van der Waals surface area contributed by atoms with Gasteiger partial charge in [-0.2, -0.15) is 0 Å². The van der Waals surface area contributed by atoms with Crippen molar-refractivity contribution in [3.63, 3.8) is 0 Å². The van der Waals surface area contributed by atoms with Crippen LogP contribution in [-0.4, -0.2) is 12.1 Å². The summed E-state index contributed by atoms with van der Waals surface area (Å²) < 4.78 is 0. The van der Waals surface area contributed by atoms with Crippen LogP contribution in [0.3, 0.4) is 0 Å². The Balaban J connectivity index is 2.12. The standard InChI is InChI=1S/C8H11N/c1-2-8-6-3-4-7(5-6)9-8/h1,6-9H,3-5H2/t6-,7+,8+/m0/s1. The molecule has 1 saturated heterocycles. The first-order valence-electron chi connectivity index (χ1n) is 3.62. The maximum Gasteiger partial charge on any atom is 0.0718 e. The quantitative estimate of drug-likeness (QED) is 0.466. The van der Waals surface area contributed by atoms with E-state index in [1.807, 2.05) is 0 Å². The molecule has 0 radical (unpaired) electrons. The minimum atomic E-state index is 0.406. The first-order valence-corrected chi connectivity index (χ1v) is 3.62. The Morgan fingerprint density at radius 1 is 1.44 bits per heavy atom. The fourth-order valence-electron chi connectivity index (χ4n) is 2.04. The largest absolute Gasteiger partial charge is 0.301 e. The third-order valence-corrected chi connectivity index (χ3v) is 2.54. The molecule has 9 heavy (non-hydrogen) atoms. The molecule has 1 N–H and O–H groups in total. The van der Waals surface area contributed by atoms with E-state index in [2.05, 4.69) is 11.2 Å². The average molecular weight is 121 g/mol. The van der Waals surface area contributed by atoms with Gasteiger partial charge in [-0.25, -0.2) is 0 Å². The van der Waals surface area contributed by atoms with Crippen molar-refractivity contribution in [1.82, 2.24) is 5.32 Å². The van der Waals surface area contributed by atoms with E-state index >= 15 is 0 Å². The molecule has 3 atom stereocenters. The SMILES string of the molecule is C#C[C@H]1N[C@@H]2CC[C@H]1C2. The molecule has 1 heteroatoms. The van der Waals surface area contributed by atoms with Gasteiger partial charge < -0.3 is 5.32 Å². The van der Waals surface area contributed by atoms with Gasteiger partial charge in [0, 0.05) is 6.04 Å². The summed E-state index contributed by atoms with van der Waals surface area (Å²) in [5, 5.41) is 3.40. The van der Waals surface area contributed by atoms with Gasteiger partial charge in [0.1, 0.15) is 0 Å². The second-order valence-corrected chi connectivity index (χ2v) is 3.08. The summed E-state index contributed by atoms with van der Waals surface area (Å²) in [7, 11) is 0. The first-order chi connectivity index (χ1) is 4.40. The maximum atomic E-state index is 5.31. The molecule has 0 unspecified atom stereocenters. The van der Waals surface area contributed by atoms with Crippen molar-refractivity contribution in [2.75, 3.05) is 0 Å². The smallest absolute Gasteiger partial charge is 0.0718 e. The monoisotopic (exact) mass is 121 g/mol. The predicted octanol–water partition coefficient (Wildman–Crippen LogP) is 0.760. The third kappa shape index (κ3) is 0.668. The Labute approximate surface area is 55.8 Å². The Bertz CT molecular complexity index is 156. The van der Waals surface area contributed by atoms with E-state index in [4.69, 9.17) is 6.42 Å². The molecule has 0 amide bonds. The number of piperidine rings is 1. The van der Waals surface area contributed by atoms with Crippen molar-refractivity contribution < 1.29 is 0 Å². The highest BCUT2D eigenvalue weighted by Gasteiger charge is 2.37. The summed E-state index contributed by atoms with van der Waals surface area (Å²) in [4.78, 5) is 0. The highest BCUT2D eigenvalue weighted by atomic mass is 15.0. The molecule has 1 aliphatic heterocycles. The lowest BCUT2D eigenvalue weighted by atomic mass is 10.0. The van der Waals surface area contributed by atoms with Gasteiger partial charge in [0.2, 0.25) is 0 Å². The molecule has 1 heterocycles. The van der Waals surface area contributed by atoms with Gasteiger partial charge in [-0.15, -0.1) is 6.42 Å². The number of nitrogens with one attached hydrogen (secondary N) is 1. The molecule has 0 aromatic rings. The van der Waals surface area contributed by atoms with Crippen LogP contribution < -0.4 is 5.32 Å². The number of hydrogen-bond donors (Lipinski definition) is 1. The minimum Gasteiger partial charge on any atom is -0.301 e. The van der Waals surface area contributed by atoms with E-state index in [1.54, 1.807) is 0 Å². The Morgan fingerprint density at radius 3 is 2.67 bits per heavy atom. The second kappa shape index (κ2) is 1.75. The van der Waals surface area contributed by atoms with Crippen molar-refractivity contribution >= 4 is 0 Å². The van der Waals surface area contributed by atoms with Gasteiger partial charge in [0.25, 0.3) is 0 Å². The lowest BCUT2D eigenvalue weighted by Crippen LogP contribution is -2.33. The van der Waals surface area contributed by atoms with E-state index in [0.29, 0.717) is 6.04 Å². The maximum absolute atomic E-state index is 5.31. The minimum absolute atomic E-state index is 0.406. The van der Waals surface area contributed by atoms with Gasteiger partial charge in [-0.1, -0.05) is 5.92 Å². The van der Waals surface area contributed by atoms with Gasteiger partial charge in [-0.05, 0) is 25.2 Å². The normalized spacial score (nSPS) is 47.2. The molecule has 2 fully saturated rings. The highest BCUT2D eigenvalue weighted by molar-refractivity contribution is 5.10. The summed E-state index contributed by atoms with van der Waals surface area (Å²) in [6, 6.07) is 1.17. The number of rotatable bonds is 0. The fraction of sp³-hybridized carbons (Fsp3) is 0.750. The zero-order valence-corrected chi connectivity index (χ0v) is 5.43. The lowest BCUT2D eigenvalue weighted by molar-refractivity contribution is 0.446. The number of terminal acetylenes is 1. The molecule has 0 spiro atoms. The van der Waals surface area contributed by atoms with E-state index in [1.165, 1.54) is 19.3 Å². The van der Waals surface area contributed by atoms with Crippen LogP contribution in [0.25, 0.3) is 0 Å². The molecule has 48 valence electrons. The van der Waals surface area contributed by atoms with E-state index < -0.39 is 0 Å². The Morgan fingerprint density at radius 2 is 2.33 bits per heavy atom. The van der Waals surface area contributed by atoms with Crippen LogP contribution in [0.1, 0.15) is 19.3 Å². The molecular weight excluding hydrogens is 110 g/mol. The molecule has 0 aromatic carbocycles. The molecule has 1 nitrogen and oxygen atoms in total. The predicted molar refractivity (Wildman–Crippen MR) is 36.9 cm³/mol. The van der Waals surface area contributed by atoms with E-state index in [-0.39, 0.29) is 0 Å². The summed E-state index contributed by atoms with van der Waals surface area (Å²) in [6.45, 7) is 0. The van der Waals surface area contributed by atoms with Crippen LogP contribution in [-0.2, 0) is 0 Å². The molecule has 0 aromatic heterocycles. The van der Waals surface area contributed by atoms with Gasteiger partial charge in [0.05, 0.1) is 6.04 Å². The lowest BCUT2D eigenvalue weighted by Gasteiger charge is -2.16. The van der Waals surface area contributed by atoms with Crippen molar-refractivity contribution in [1.29, 1.82) is 0 Å². The van der Waals surface area contributed by atoms with Gasteiger partial charge >= 0.3 is 0 Å². The molecular formula is C8H11N. The Kier molecular flexibility index (Phi) is 1.03. The zero-order chi connectivity index (χ0) is 6.27. The third-order valence-electron chi connectivity index (χ3n) is 2.54. The average Bonchev–Trinajstić information content (AvgIpc) is 2.45. The topological polar surface area (TPSA) is 12.0 Å². The van der Waals surface area contributed by atoms with Gasteiger partial charge in [-0.3, -0.25) is 0 Å². The van der Waals surface area contributed by atoms with Crippen molar-refractivity contribution in [3.05, 3.63) is 0 Å². The molecule has 2 bridgehead atoms. The second-order valence-electron chi connectivity index (χ2n) is 3.08. The van der Waals surface area contributed by atoms with E-state index in [0.717, 1.165) is 12.0 Å². The zero-order valence-electron chi connectivity index (χ0n) is 5.43. The molecule has 1 aliphatic carbocycles. The summed E-state index contributed by atoms with van der Waals surface area (Å²) in [5.41, 5.74) is 0. The summed E-state index contributed by atoms with van der Waals surface area (Å²) in [5.74, 6) is 3.59. The van der Waals surface area contributed by atoms with Gasteiger partial charge in [0.15, 0.2) is 0 Å². The summed E-state index contributed by atoms with van der Waals surface area (Å²) in [6.07, 6.45) is 9.34. The molecule has 1 saturated carbocycles. The molecule has 2 aliphatic rings. The van der Waals surface area contributed by atoms with E-state index in [9.17, 15) is 0 Å². The van der Waals surface area contributed by atoms with Crippen molar-refractivity contribution in [3.8, 4) is 12.3 Å². The van der Waals surface area contributed by atoms with Crippen LogP contribution >= 0.6 is 0 Å². The van der Waals surface area contributed by atoms with Crippen LogP contribution in [0.5, 0.6) is 0 Å². The summed E-state index contributed by atoms with van der Waals surface area (Å²) >= 11 is 0. The molecule has 2 rings (SSSR count). The van der Waals surface area contributed by atoms with Crippen molar-refractivity contribution in [2.45, 2.75) is 31.3 Å². The van der Waals surface area contributed by atoms with Crippen LogP contribution in [0, 0.1) is 18.3 Å². The van der Waals surface area contributed by atoms with Crippen LogP contribution in [0.15, 0.2) is 0 Å². The number of hydrogen-bond acceptors (Lipinski definition) is 1. The van der Waals surface area contributed by atoms with Crippen LogP contribution in [0.2, 0.25) is 0 Å². The fourth-order valence-corrected chi connectivity index (χ4v) is 2.04.